The molecule has 1 aliphatic rings. The van der Waals surface area contributed by atoms with Crippen LogP contribution in [-0.4, -0.2) is 23.1 Å². The Labute approximate surface area is 171 Å². The lowest BCUT2D eigenvalue weighted by Gasteiger charge is -2.33. The number of nitrogens with zero attached hydrogens (tertiary/aromatic N) is 1. The Morgan fingerprint density at radius 3 is 2.37 bits per heavy atom. The molecule has 1 aliphatic carbocycles. The Bertz CT molecular complexity index is 816. The van der Waals surface area contributed by atoms with Gasteiger partial charge in [-0.3, -0.25) is 4.98 Å². The number of carbonyl (C=O) groups is 1. The highest BCUT2D eigenvalue weighted by molar-refractivity contribution is 6.38. The van der Waals surface area contributed by atoms with E-state index in [-0.39, 0.29) is 17.1 Å². The molecular formula is C18H18Cl3FN4O. The lowest BCUT2D eigenvalue weighted by Crippen LogP contribution is -2.49. The SMILES string of the molecule is O=C(Nc1ccc(Cl)c(F)c1)N[C@H]1CCCC[C@H]1Nc1c(Cl)cncc1Cl. The van der Waals surface area contributed by atoms with E-state index in [2.05, 4.69) is 20.9 Å². The molecule has 3 rings (SSSR count). The van der Waals surface area contributed by atoms with E-state index in [9.17, 15) is 9.18 Å². The van der Waals surface area contributed by atoms with Crippen LogP contribution in [0.1, 0.15) is 25.7 Å². The third kappa shape index (κ3) is 5.15. The number of rotatable bonds is 4. The van der Waals surface area contributed by atoms with Crippen LogP contribution in [0, 0.1) is 5.82 Å². The van der Waals surface area contributed by atoms with Crippen molar-refractivity contribution in [2.75, 3.05) is 10.6 Å². The molecule has 1 aromatic heterocycles. The van der Waals surface area contributed by atoms with Crippen LogP contribution in [0.3, 0.4) is 0 Å². The first-order chi connectivity index (χ1) is 12.9. The predicted molar refractivity (Wildman–Crippen MR) is 107 cm³/mol. The average molecular weight is 432 g/mol. The van der Waals surface area contributed by atoms with Crippen LogP contribution in [0.2, 0.25) is 15.1 Å². The van der Waals surface area contributed by atoms with Crippen LogP contribution in [0.25, 0.3) is 0 Å². The number of carbonyl (C=O) groups excluding carboxylic acids is 1. The zero-order valence-electron chi connectivity index (χ0n) is 14.2. The molecule has 9 heteroatoms. The van der Waals surface area contributed by atoms with E-state index in [0.717, 1.165) is 25.7 Å². The van der Waals surface area contributed by atoms with Crippen molar-refractivity contribution >= 4 is 52.2 Å². The van der Waals surface area contributed by atoms with Crippen LogP contribution in [0.4, 0.5) is 20.6 Å². The summed E-state index contributed by atoms with van der Waals surface area (Å²) in [7, 11) is 0. The minimum absolute atomic E-state index is 0.00334. The Kier molecular flexibility index (Phi) is 6.63. The highest BCUT2D eigenvalue weighted by Gasteiger charge is 2.27. The lowest BCUT2D eigenvalue weighted by molar-refractivity contribution is 0.242. The van der Waals surface area contributed by atoms with Crippen LogP contribution in [-0.2, 0) is 0 Å². The molecule has 0 bridgehead atoms. The summed E-state index contributed by atoms with van der Waals surface area (Å²) < 4.78 is 13.5. The number of urea groups is 1. The molecule has 1 aromatic carbocycles. The van der Waals surface area contributed by atoms with Crippen molar-refractivity contribution < 1.29 is 9.18 Å². The molecule has 1 saturated carbocycles. The molecule has 1 heterocycles. The fourth-order valence-corrected chi connectivity index (χ4v) is 3.71. The molecule has 5 nitrogen and oxygen atoms in total. The molecular weight excluding hydrogens is 414 g/mol. The van der Waals surface area contributed by atoms with Gasteiger partial charge in [0.05, 0.1) is 26.8 Å². The molecule has 27 heavy (non-hydrogen) atoms. The van der Waals surface area contributed by atoms with Crippen molar-refractivity contribution in [2.45, 2.75) is 37.8 Å². The van der Waals surface area contributed by atoms with E-state index >= 15 is 0 Å². The van der Waals surface area contributed by atoms with Crippen molar-refractivity contribution in [3.8, 4) is 0 Å². The van der Waals surface area contributed by atoms with Crippen LogP contribution < -0.4 is 16.0 Å². The summed E-state index contributed by atoms with van der Waals surface area (Å²) in [5.74, 6) is -0.589. The third-order valence-corrected chi connectivity index (χ3v) is 5.32. The van der Waals surface area contributed by atoms with Gasteiger partial charge in [-0.15, -0.1) is 0 Å². The third-order valence-electron chi connectivity index (χ3n) is 4.44. The fourth-order valence-electron chi connectivity index (χ4n) is 3.12. The van der Waals surface area contributed by atoms with Gasteiger partial charge in [0.25, 0.3) is 0 Å². The molecule has 1 fully saturated rings. The van der Waals surface area contributed by atoms with Crippen molar-refractivity contribution in [1.82, 2.24) is 10.3 Å². The quantitative estimate of drug-likeness (QED) is 0.579. The number of benzene rings is 1. The number of pyridine rings is 1. The second kappa shape index (κ2) is 8.95. The van der Waals surface area contributed by atoms with Gasteiger partial charge in [0.2, 0.25) is 0 Å². The lowest BCUT2D eigenvalue weighted by atomic mass is 9.90. The van der Waals surface area contributed by atoms with Crippen LogP contribution in [0.5, 0.6) is 0 Å². The summed E-state index contributed by atoms with van der Waals surface area (Å²) in [6.45, 7) is 0. The van der Waals surface area contributed by atoms with Gasteiger partial charge in [-0.05, 0) is 31.0 Å². The van der Waals surface area contributed by atoms with Gasteiger partial charge in [-0.1, -0.05) is 47.6 Å². The summed E-state index contributed by atoms with van der Waals surface area (Å²) >= 11 is 18.0. The molecule has 2 aromatic rings. The Morgan fingerprint density at radius 1 is 1.04 bits per heavy atom. The zero-order valence-corrected chi connectivity index (χ0v) is 16.5. The van der Waals surface area contributed by atoms with Crippen molar-refractivity contribution in [1.29, 1.82) is 0 Å². The Morgan fingerprint density at radius 2 is 1.70 bits per heavy atom. The second-order valence-electron chi connectivity index (χ2n) is 6.35. The summed E-state index contributed by atoms with van der Waals surface area (Å²) in [6, 6.07) is 3.53. The molecule has 144 valence electrons. The highest BCUT2D eigenvalue weighted by Crippen LogP contribution is 2.32. The number of aromatic nitrogens is 1. The van der Waals surface area contributed by atoms with Crippen molar-refractivity contribution in [2.24, 2.45) is 0 Å². The van der Waals surface area contributed by atoms with E-state index in [4.69, 9.17) is 34.8 Å². The molecule has 2 atom stereocenters. The van der Waals surface area contributed by atoms with E-state index in [0.29, 0.717) is 21.4 Å². The molecule has 0 radical (unpaired) electrons. The maximum Gasteiger partial charge on any atom is 0.319 e. The molecule has 0 aliphatic heterocycles. The number of amides is 2. The highest BCUT2D eigenvalue weighted by atomic mass is 35.5. The molecule has 0 spiro atoms. The standard InChI is InChI=1S/C18H18Cl3FN4O/c19-11-6-5-10(7-14(11)22)24-18(27)26-16-4-2-1-3-15(16)25-17-12(20)8-23-9-13(17)21/h5-9,15-16H,1-4H2,(H,23,25)(H2,24,26,27)/t15-,16+/m1/s1. The average Bonchev–Trinajstić information content (AvgIpc) is 2.63. The predicted octanol–water partition coefficient (Wildman–Crippen LogP) is 5.73. The first-order valence-electron chi connectivity index (χ1n) is 8.52. The minimum atomic E-state index is -0.589. The Hall–Kier alpha value is -1.76. The van der Waals surface area contributed by atoms with E-state index in [1.165, 1.54) is 30.6 Å². The topological polar surface area (TPSA) is 66.1 Å². The van der Waals surface area contributed by atoms with Gasteiger partial charge < -0.3 is 16.0 Å². The number of halogens is 4. The maximum absolute atomic E-state index is 13.5. The number of hydrogen-bond acceptors (Lipinski definition) is 3. The fraction of sp³-hybridized carbons (Fsp3) is 0.333. The second-order valence-corrected chi connectivity index (χ2v) is 7.57. The number of hydrogen-bond donors (Lipinski definition) is 3. The van der Waals surface area contributed by atoms with Crippen LogP contribution >= 0.6 is 34.8 Å². The van der Waals surface area contributed by atoms with Crippen molar-refractivity contribution in [3.63, 3.8) is 0 Å². The van der Waals surface area contributed by atoms with Gasteiger partial charge in [0.15, 0.2) is 0 Å². The van der Waals surface area contributed by atoms with E-state index in [1.807, 2.05) is 0 Å². The molecule has 0 unspecified atom stereocenters. The Balaban J connectivity index is 1.66. The van der Waals surface area contributed by atoms with Gasteiger partial charge in [-0.25, -0.2) is 9.18 Å². The summed E-state index contributed by atoms with van der Waals surface area (Å²) in [5.41, 5.74) is 0.933. The number of nitrogens with one attached hydrogen (secondary N) is 3. The van der Waals surface area contributed by atoms with E-state index < -0.39 is 11.8 Å². The monoisotopic (exact) mass is 430 g/mol. The summed E-state index contributed by atoms with van der Waals surface area (Å²) in [5, 5.41) is 9.75. The summed E-state index contributed by atoms with van der Waals surface area (Å²) in [4.78, 5) is 16.3. The largest absolute Gasteiger partial charge is 0.378 e. The minimum Gasteiger partial charge on any atom is -0.378 e. The smallest absolute Gasteiger partial charge is 0.319 e. The normalized spacial score (nSPS) is 19.4. The molecule has 2 amide bonds. The van der Waals surface area contributed by atoms with Crippen LogP contribution in [0.15, 0.2) is 30.6 Å². The zero-order chi connectivity index (χ0) is 19.4. The van der Waals surface area contributed by atoms with Gasteiger partial charge in [0.1, 0.15) is 5.82 Å². The number of anilines is 2. The van der Waals surface area contributed by atoms with Gasteiger partial charge in [0, 0.05) is 24.1 Å². The first kappa shape index (κ1) is 20.0. The molecule has 0 saturated heterocycles. The first-order valence-corrected chi connectivity index (χ1v) is 9.65. The van der Waals surface area contributed by atoms with E-state index in [1.54, 1.807) is 0 Å². The molecule has 3 N–H and O–H groups in total. The van der Waals surface area contributed by atoms with Gasteiger partial charge in [-0.2, -0.15) is 0 Å². The summed E-state index contributed by atoms with van der Waals surface area (Å²) in [6.07, 6.45) is 6.72. The van der Waals surface area contributed by atoms with Crippen molar-refractivity contribution in [3.05, 3.63) is 51.5 Å². The van der Waals surface area contributed by atoms with Gasteiger partial charge >= 0.3 is 6.03 Å². The maximum atomic E-state index is 13.5.